The van der Waals surface area contributed by atoms with Crippen LogP contribution in [0.2, 0.25) is 0 Å². The zero-order valence-corrected chi connectivity index (χ0v) is 15.7. The summed E-state index contributed by atoms with van der Waals surface area (Å²) < 4.78 is 28.9. The Labute approximate surface area is 138 Å². The van der Waals surface area contributed by atoms with Crippen LogP contribution >= 0.6 is 7.82 Å². The largest absolute Gasteiger partial charge is 0.530 e. The first-order valence-electron chi connectivity index (χ1n) is 7.83. The summed E-state index contributed by atoms with van der Waals surface area (Å²) >= 11 is 0. The number of aldehydes is 1. The minimum Gasteiger partial charge on any atom is -0.404 e. The molecular formula is C17H27O5P. The second-order valence-electron chi connectivity index (χ2n) is 6.08. The summed E-state index contributed by atoms with van der Waals surface area (Å²) in [7, 11) is -3.68. The van der Waals surface area contributed by atoms with Crippen LogP contribution in [0, 0.1) is 13.8 Å². The number of carbonyl (C=O) groups excluding carboxylic acids is 1. The third-order valence-electron chi connectivity index (χ3n) is 3.50. The van der Waals surface area contributed by atoms with E-state index in [0.717, 1.165) is 23.0 Å². The second-order valence-corrected chi connectivity index (χ2v) is 7.68. The van der Waals surface area contributed by atoms with E-state index in [1.54, 1.807) is 19.9 Å². The van der Waals surface area contributed by atoms with Crippen molar-refractivity contribution in [3.05, 3.63) is 28.8 Å². The molecule has 0 fully saturated rings. The van der Waals surface area contributed by atoms with Crippen molar-refractivity contribution in [2.45, 2.75) is 53.4 Å². The van der Waals surface area contributed by atoms with E-state index in [0.29, 0.717) is 12.2 Å². The molecule has 130 valence electrons. The Morgan fingerprint density at radius 2 is 1.70 bits per heavy atom. The third kappa shape index (κ3) is 5.17. The van der Waals surface area contributed by atoms with Gasteiger partial charge in [0.1, 0.15) is 12.0 Å². The van der Waals surface area contributed by atoms with Crippen LogP contribution in [-0.2, 0) is 23.8 Å². The lowest BCUT2D eigenvalue weighted by molar-refractivity contribution is -0.108. The Kier molecular flexibility index (Phi) is 7.00. The summed E-state index contributed by atoms with van der Waals surface area (Å²) in [5, 5.41) is 0. The molecule has 0 heterocycles. The van der Waals surface area contributed by atoms with Crippen molar-refractivity contribution in [1.82, 2.24) is 0 Å². The molecule has 0 N–H and O–H groups in total. The van der Waals surface area contributed by atoms with Crippen molar-refractivity contribution in [1.29, 1.82) is 0 Å². The first-order valence-corrected chi connectivity index (χ1v) is 9.29. The highest BCUT2D eigenvalue weighted by molar-refractivity contribution is 7.48. The number of rotatable bonds is 9. The minimum atomic E-state index is -3.68. The third-order valence-corrected chi connectivity index (χ3v) is 5.07. The van der Waals surface area contributed by atoms with Gasteiger partial charge in [-0.05, 0) is 44.9 Å². The Bertz CT molecular complexity index is 585. The van der Waals surface area contributed by atoms with Crippen LogP contribution in [0.1, 0.15) is 50.8 Å². The summed E-state index contributed by atoms with van der Waals surface area (Å²) in [4.78, 5) is 11.0. The first kappa shape index (κ1) is 19.9. The number of hydrogen-bond acceptors (Lipinski definition) is 5. The van der Waals surface area contributed by atoms with Gasteiger partial charge in [0.15, 0.2) is 0 Å². The van der Waals surface area contributed by atoms with Crippen molar-refractivity contribution in [3.63, 3.8) is 0 Å². The van der Waals surface area contributed by atoms with Crippen LogP contribution in [0.15, 0.2) is 12.1 Å². The van der Waals surface area contributed by atoms with E-state index in [9.17, 15) is 9.36 Å². The fourth-order valence-electron chi connectivity index (χ4n) is 2.70. The molecule has 0 atom stereocenters. The van der Waals surface area contributed by atoms with E-state index in [1.165, 1.54) is 0 Å². The molecule has 1 aromatic carbocycles. The normalized spacial score (nSPS) is 12.3. The molecule has 1 aromatic rings. The Morgan fingerprint density at radius 3 is 2.17 bits per heavy atom. The van der Waals surface area contributed by atoms with Gasteiger partial charge >= 0.3 is 7.82 Å². The molecule has 0 saturated heterocycles. The first-order chi connectivity index (χ1) is 10.7. The summed E-state index contributed by atoms with van der Waals surface area (Å²) in [6.45, 7) is 11.7. The summed E-state index contributed by atoms with van der Waals surface area (Å²) in [5.74, 6) is 0.444. The monoisotopic (exact) mass is 342 g/mol. The second kappa shape index (κ2) is 8.09. The van der Waals surface area contributed by atoms with Crippen molar-refractivity contribution >= 4 is 14.1 Å². The molecule has 0 bridgehead atoms. The van der Waals surface area contributed by atoms with Gasteiger partial charge in [-0.3, -0.25) is 9.05 Å². The van der Waals surface area contributed by atoms with Gasteiger partial charge in [0.2, 0.25) is 0 Å². The van der Waals surface area contributed by atoms with Crippen LogP contribution in [0.25, 0.3) is 0 Å². The van der Waals surface area contributed by atoms with Gasteiger partial charge in [-0.25, -0.2) is 4.57 Å². The lowest BCUT2D eigenvalue weighted by atomic mass is 9.79. The maximum atomic E-state index is 12.7. The van der Waals surface area contributed by atoms with Gasteiger partial charge in [-0.2, -0.15) is 0 Å². The molecule has 1 rings (SSSR count). The van der Waals surface area contributed by atoms with Gasteiger partial charge in [0, 0.05) is 17.4 Å². The van der Waals surface area contributed by atoms with Crippen LogP contribution in [-0.4, -0.2) is 19.5 Å². The van der Waals surface area contributed by atoms with Gasteiger partial charge < -0.3 is 9.32 Å². The summed E-state index contributed by atoms with van der Waals surface area (Å²) in [6.07, 6.45) is 1.22. The van der Waals surface area contributed by atoms with Crippen molar-refractivity contribution in [2.75, 3.05) is 13.2 Å². The highest BCUT2D eigenvalue weighted by Gasteiger charge is 2.33. The quantitative estimate of drug-likeness (QED) is 0.479. The van der Waals surface area contributed by atoms with E-state index in [-0.39, 0.29) is 13.2 Å². The maximum Gasteiger partial charge on any atom is 0.530 e. The van der Waals surface area contributed by atoms with Crippen molar-refractivity contribution in [3.8, 4) is 5.75 Å². The number of phosphoric acid groups is 1. The van der Waals surface area contributed by atoms with Gasteiger partial charge in [0.05, 0.1) is 13.2 Å². The van der Waals surface area contributed by atoms with E-state index in [4.69, 9.17) is 13.6 Å². The topological polar surface area (TPSA) is 61.8 Å². The smallest absolute Gasteiger partial charge is 0.404 e. The molecule has 0 saturated carbocycles. The number of aryl methyl sites for hydroxylation is 2. The molecule has 0 radical (unpaired) electrons. The molecule has 0 aliphatic carbocycles. The van der Waals surface area contributed by atoms with Crippen molar-refractivity contribution in [2.24, 2.45) is 0 Å². The number of carbonyl (C=O) groups is 1. The molecular weight excluding hydrogens is 315 g/mol. The highest BCUT2D eigenvalue weighted by atomic mass is 31.2. The lowest BCUT2D eigenvalue weighted by Crippen LogP contribution is -2.21. The molecule has 0 aliphatic rings. The van der Waals surface area contributed by atoms with Crippen LogP contribution in [0.5, 0.6) is 5.75 Å². The maximum absolute atomic E-state index is 12.7. The minimum absolute atomic E-state index is 0.217. The van der Waals surface area contributed by atoms with Crippen LogP contribution in [0.4, 0.5) is 0 Å². The molecule has 0 aromatic heterocycles. The fraction of sp³-hybridized carbons (Fsp3) is 0.588. The number of phosphoric ester groups is 1. The zero-order valence-electron chi connectivity index (χ0n) is 14.8. The molecule has 6 heteroatoms. The molecule has 0 unspecified atom stereocenters. The fourth-order valence-corrected chi connectivity index (χ4v) is 3.90. The Morgan fingerprint density at radius 1 is 1.13 bits per heavy atom. The standard InChI is InChI=1S/C17H27O5P/c1-7-20-23(19,21-8-2)22-15-12-13(3)11-14(4)16(15)17(5,6)9-10-18/h10-12H,7-9H2,1-6H3. The Hall–Kier alpha value is -1.16. The highest BCUT2D eigenvalue weighted by Crippen LogP contribution is 2.52. The van der Waals surface area contributed by atoms with E-state index in [1.807, 2.05) is 33.8 Å². The SMILES string of the molecule is CCOP(=O)(OCC)Oc1cc(C)cc(C)c1C(C)(C)CC=O. The van der Waals surface area contributed by atoms with Crippen molar-refractivity contribution < 1.29 is 22.9 Å². The molecule has 23 heavy (non-hydrogen) atoms. The lowest BCUT2D eigenvalue weighted by Gasteiger charge is -2.29. The summed E-state index contributed by atoms with van der Waals surface area (Å²) in [6, 6.07) is 3.82. The average Bonchev–Trinajstić information content (AvgIpc) is 2.37. The zero-order chi connectivity index (χ0) is 17.7. The predicted octanol–water partition coefficient (Wildman–Crippen LogP) is 4.73. The Balaban J connectivity index is 3.39. The van der Waals surface area contributed by atoms with Crippen LogP contribution < -0.4 is 4.52 Å². The molecule has 0 spiro atoms. The number of hydrogen-bond donors (Lipinski definition) is 0. The van der Waals surface area contributed by atoms with Crippen LogP contribution in [0.3, 0.4) is 0 Å². The van der Waals surface area contributed by atoms with Gasteiger partial charge in [-0.1, -0.05) is 19.9 Å². The molecule has 5 nitrogen and oxygen atoms in total. The van der Waals surface area contributed by atoms with Gasteiger partial charge in [-0.15, -0.1) is 0 Å². The van der Waals surface area contributed by atoms with E-state index >= 15 is 0 Å². The average molecular weight is 342 g/mol. The van der Waals surface area contributed by atoms with E-state index < -0.39 is 13.2 Å². The molecule has 0 aliphatic heterocycles. The molecule has 0 amide bonds. The summed E-state index contributed by atoms with van der Waals surface area (Å²) in [5.41, 5.74) is 2.35. The van der Waals surface area contributed by atoms with Gasteiger partial charge in [0.25, 0.3) is 0 Å². The predicted molar refractivity (Wildman–Crippen MR) is 91.1 cm³/mol. The van der Waals surface area contributed by atoms with E-state index in [2.05, 4.69) is 0 Å². The number of benzene rings is 1.